The third-order valence-electron chi connectivity index (χ3n) is 8.57. The minimum atomic E-state index is -1.05. The molecule has 0 amide bonds. The molecule has 0 saturated heterocycles. The molecule has 0 aromatic heterocycles. The molecular formula is C45H32O4. The van der Waals surface area contributed by atoms with Gasteiger partial charge in [0.2, 0.25) is 0 Å². The topological polar surface area (TPSA) is 74.6 Å². The molecule has 0 unspecified atom stereocenters. The summed E-state index contributed by atoms with van der Waals surface area (Å²) in [6, 6.07) is 45.6. The van der Waals surface area contributed by atoms with Gasteiger partial charge in [0.1, 0.15) is 0 Å². The van der Waals surface area contributed by atoms with Crippen LogP contribution >= 0.6 is 0 Å². The standard InChI is InChI=1S/C45H32O4/c1-45(2,41-27-25-37(43(46)47)29-35(41)23-21-33-17-9-11-19-39(33)31-13-5-3-6-14-31)42-28-26-38(44(48)49)30-36(42)24-22-34-18-10-12-20-40(34)32-15-7-4-8-16-32/h3-20,25-30H,1-2H3,(H,46,47)(H,48,49). The Morgan fingerprint density at radius 3 is 1.18 bits per heavy atom. The summed E-state index contributed by atoms with van der Waals surface area (Å²) < 4.78 is 0. The molecule has 49 heavy (non-hydrogen) atoms. The van der Waals surface area contributed by atoms with Gasteiger partial charge in [-0.3, -0.25) is 0 Å². The largest absolute Gasteiger partial charge is 0.478 e. The number of hydrogen-bond donors (Lipinski definition) is 2. The van der Waals surface area contributed by atoms with Gasteiger partial charge in [-0.15, -0.1) is 0 Å². The zero-order valence-electron chi connectivity index (χ0n) is 27.1. The van der Waals surface area contributed by atoms with Crippen LogP contribution in [0.3, 0.4) is 0 Å². The molecule has 4 heteroatoms. The highest BCUT2D eigenvalue weighted by atomic mass is 16.4. The fourth-order valence-electron chi connectivity index (χ4n) is 5.99. The van der Waals surface area contributed by atoms with Crippen molar-refractivity contribution in [2.24, 2.45) is 0 Å². The van der Waals surface area contributed by atoms with E-state index in [1.54, 1.807) is 36.4 Å². The SMILES string of the molecule is CC(C)(c1ccc(C(=O)O)cc1C#Cc1ccccc1-c1ccccc1)c1ccc(C(=O)O)cc1C#Cc1ccccc1-c1ccccc1. The van der Waals surface area contributed by atoms with Crippen molar-refractivity contribution in [3.05, 3.63) is 190 Å². The van der Waals surface area contributed by atoms with E-state index in [-0.39, 0.29) is 11.1 Å². The lowest BCUT2D eigenvalue weighted by Gasteiger charge is -2.29. The highest BCUT2D eigenvalue weighted by Crippen LogP contribution is 2.37. The predicted molar refractivity (Wildman–Crippen MR) is 195 cm³/mol. The number of hydrogen-bond acceptors (Lipinski definition) is 2. The van der Waals surface area contributed by atoms with Crippen molar-refractivity contribution in [2.75, 3.05) is 0 Å². The van der Waals surface area contributed by atoms with Gasteiger partial charge in [0.05, 0.1) is 11.1 Å². The Kier molecular flexibility index (Phi) is 9.25. The third kappa shape index (κ3) is 7.05. The molecule has 0 spiro atoms. The summed E-state index contributed by atoms with van der Waals surface area (Å²) in [6.45, 7) is 4.04. The van der Waals surface area contributed by atoms with E-state index < -0.39 is 17.4 Å². The zero-order chi connectivity index (χ0) is 34.4. The van der Waals surface area contributed by atoms with Crippen LogP contribution in [0.5, 0.6) is 0 Å². The van der Waals surface area contributed by atoms with E-state index in [4.69, 9.17) is 0 Å². The van der Waals surface area contributed by atoms with Crippen molar-refractivity contribution in [1.82, 2.24) is 0 Å². The first-order chi connectivity index (χ1) is 23.7. The van der Waals surface area contributed by atoms with Crippen molar-refractivity contribution in [3.8, 4) is 45.9 Å². The Morgan fingerprint density at radius 2 is 0.796 bits per heavy atom. The van der Waals surface area contributed by atoms with Crippen LogP contribution < -0.4 is 0 Å². The van der Waals surface area contributed by atoms with Crippen LogP contribution in [-0.2, 0) is 5.41 Å². The lowest BCUT2D eigenvalue weighted by molar-refractivity contribution is 0.0686. The van der Waals surface area contributed by atoms with E-state index in [1.807, 2.05) is 123 Å². The second kappa shape index (κ2) is 14.0. The normalized spacial score (nSPS) is 10.7. The molecule has 0 saturated carbocycles. The van der Waals surface area contributed by atoms with E-state index in [2.05, 4.69) is 23.7 Å². The van der Waals surface area contributed by atoms with Gasteiger partial charge >= 0.3 is 11.9 Å². The third-order valence-corrected chi connectivity index (χ3v) is 8.57. The monoisotopic (exact) mass is 636 g/mol. The van der Waals surface area contributed by atoms with Crippen molar-refractivity contribution >= 4 is 11.9 Å². The highest BCUT2D eigenvalue weighted by molar-refractivity contribution is 5.89. The van der Waals surface area contributed by atoms with Gasteiger partial charge in [0.25, 0.3) is 0 Å². The summed E-state index contributed by atoms with van der Waals surface area (Å²) in [5.74, 6) is 11.1. The van der Waals surface area contributed by atoms with Crippen molar-refractivity contribution < 1.29 is 19.8 Å². The molecule has 0 aliphatic carbocycles. The smallest absolute Gasteiger partial charge is 0.335 e. The molecule has 6 aromatic carbocycles. The molecule has 0 radical (unpaired) electrons. The molecule has 0 atom stereocenters. The average Bonchev–Trinajstić information content (AvgIpc) is 3.13. The molecule has 6 aromatic rings. The van der Waals surface area contributed by atoms with Crippen LogP contribution in [0.1, 0.15) is 67.9 Å². The Bertz CT molecular complexity index is 2150. The summed E-state index contributed by atoms with van der Waals surface area (Å²) >= 11 is 0. The maximum Gasteiger partial charge on any atom is 0.335 e. The Hall–Kier alpha value is -6.62. The van der Waals surface area contributed by atoms with Crippen LogP contribution in [0, 0.1) is 23.7 Å². The summed E-state index contributed by atoms with van der Waals surface area (Å²) in [5.41, 5.74) is 7.83. The van der Waals surface area contributed by atoms with Gasteiger partial charge in [-0.05, 0) is 69.8 Å². The van der Waals surface area contributed by atoms with Crippen LogP contribution in [0.25, 0.3) is 22.3 Å². The van der Waals surface area contributed by atoms with E-state index in [9.17, 15) is 19.8 Å². The molecular weight excluding hydrogens is 604 g/mol. The number of benzene rings is 6. The maximum atomic E-state index is 12.1. The first kappa shape index (κ1) is 32.3. The lowest BCUT2D eigenvalue weighted by Crippen LogP contribution is -2.22. The second-order valence-corrected chi connectivity index (χ2v) is 12.1. The van der Waals surface area contributed by atoms with Crippen LogP contribution in [0.15, 0.2) is 146 Å². The summed E-state index contributed by atoms with van der Waals surface area (Å²) in [4.78, 5) is 24.2. The Morgan fingerprint density at radius 1 is 0.449 bits per heavy atom. The molecule has 0 aliphatic rings. The summed E-state index contributed by atoms with van der Waals surface area (Å²) in [7, 11) is 0. The Balaban J connectivity index is 1.49. The first-order valence-corrected chi connectivity index (χ1v) is 15.8. The molecule has 0 aliphatic heterocycles. The van der Waals surface area contributed by atoms with Crippen molar-refractivity contribution in [3.63, 3.8) is 0 Å². The zero-order valence-corrected chi connectivity index (χ0v) is 27.1. The number of rotatable bonds is 6. The van der Waals surface area contributed by atoms with Gasteiger partial charge in [0.15, 0.2) is 0 Å². The molecule has 0 fully saturated rings. The predicted octanol–water partition coefficient (Wildman–Crippen LogP) is 9.54. The first-order valence-electron chi connectivity index (χ1n) is 15.8. The van der Waals surface area contributed by atoms with E-state index in [0.717, 1.165) is 44.5 Å². The van der Waals surface area contributed by atoms with E-state index in [0.29, 0.717) is 11.1 Å². The van der Waals surface area contributed by atoms with Crippen molar-refractivity contribution in [2.45, 2.75) is 19.3 Å². The van der Waals surface area contributed by atoms with Crippen LogP contribution in [0.4, 0.5) is 0 Å². The van der Waals surface area contributed by atoms with Crippen LogP contribution in [0.2, 0.25) is 0 Å². The maximum absolute atomic E-state index is 12.1. The number of carboxylic acids is 2. The van der Waals surface area contributed by atoms with Gasteiger partial charge in [0, 0.05) is 27.7 Å². The van der Waals surface area contributed by atoms with Gasteiger partial charge in [-0.1, -0.05) is 147 Å². The lowest BCUT2D eigenvalue weighted by atomic mass is 9.73. The van der Waals surface area contributed by atoms with Gasteiger partial charge < -0.3 is 10.2 Å². The molecule has 2 N–H and O–H groups in total. The van der Waals surface area contributed by atoms with Gasteiger partial charge in [-0.25, -0.2) is 9.59 Å². The van der Waals surface area contributed by atoms with Gasteiger partial charge in [-0.2, -0.15) is 0 Å². The molecule has 0 heterocycles. The minimum absolute atomic E-state index is 0.124. The molecule has 236 valence electrons. The number of carbonyl (C=O) groups is 2. The number of carboxylic acid groups (broad SMARTS) is 2. The fraction of sp³-hybridized carbons (Fsp3) is 0.0667. The molecule has 0 bridgehead atoms. The van der Waals surface area contributed by atoms with Crippen LogP contribution in [-0.4, -0.2) is 22.2 Å². The quantitative estimate of drug-likeness (QED) is 0.179. The fourth-order valence-corrected chi connectivity index (χ4v) is 5.99. The molecule has 6 rings (SSSR count). The van der Waals surface area contributed by atoms with Crippen molar-refractivity contribution in [1.29, 1.82) is 0 Å². The van der Waals surface area contributed by atoms with E-state index in [1.165, 1.54) is 0 Å². The summed E-state index contributed by atoms with van der Waals surface area (Å²) in [5, 5.41) is 19.8. The van der Waals surface area contributed by atoms with E-state index >= 15 is 0 Å². The molecule has 4 nitrogen and oxygen atoms in total. The highest BCUT2D eigenvalue weighted by Gasteiger charge is 2.29. The summed E-state index contributed by atoms with van der Waals surface area (Å²) in [6.07, 6.45) is 0. The minimum Gasteiger partial charge on any atom is -0.478 e. The number of aromatic carboxylic acids is 2. The Labute approximate surface area is 286 Å². The average molecular weight is 637 g/mol. The second-order valence-electron chi connectivity index (χ2n) is 12.1.